The van der Waals surface area contributed by atoms with Gasteiger partial charge in [0.2, 0.25) is 0 Å². The number of nitro groups is 1. The van der Waals surface area contributed by atoms with Gasteiger partial charge < -0.3 is 23.8 Å². The van der Waals surface area contributed by atoms with E-state index in [-0.39, 0.29) is 5.57 Å². The van der Waals surface area contributed by atoms with Crippen molar-refractivity contribution in [3.05, 3.63) is 39.6 Å². The van der Waals surface area contributed by atoms with E-state index in [0.717, 1.165) is 31.3 Å². The summed E-state index contributed by atoms with van der Waals surface area (Å²) < 4.78 is 56.4. The SMILES string of the molecule is COC(=O)C1=C(C(=O)OC)N(c2cc([N+](=O)[O-])ccc2OC(F)(F)F)COC1. The molecule has 13 heteroatoms. The lowest BCUT2D eigenvalue weighted by atomic mass is 10.1. The number of hydrogen-bond acceptors (Lipinski definition) is 9. The first kappa shape index (κ1) is 21.0. The number of methoxy groups -OCH3 is 2. The molecule has 152 valence electrons. The van der Waals surface area contributed by atoms with Crippen molar-refractivity contribution in [3.63, 3.8) is 0 Å². The molecule has 0 fully saturated rings. The molecule has 0 atom stereocenters. The smallest absolute Gasteiger partial charge is 0.466 e. The van der Waals surface area contributed by atoms with Gasteiger partial charge in [-0.1, -0.05) is 0 Å². The molecule has 0 aliphatic carbocycles. The van der Waals surface area contributed by atoms with Gasteiger partial charge in [-0.3, -0.25) is 10.1 Å². The molecule has 2 rings (SSSR count). The molecule has 1 aromatic carbocycles. The largest absolute Gasteiger partial charge is 0.573 e. The van der Waals surface area contributed by atoms with Crippen molar-refractivity contribution in [3.8, 4) is 5.75 Å². The van der Waals surface area contributed by atoms with E-state index in [1.807, 2.05) is 0 Å². The highest BCUT2D eigenvalue weighted by molar-refractivity contribution is 6.03. The van der Waals surface area contributed by atoms with E-state index in [0.29, 0.717) is 6.07 Å². The highest BCUT2D eigenvalue weighted by atomic mass is 19.4. The predicted octanol–water partition coefficient (Wildman–Crippen LogP) is 1.89. The van der Waals surface area contributed by atoms with Crippen LogP contribution in [0.15, 0.2) is 29.5 Å². The molecule has 0 saturated heterocycles. The second-order valence-corrected chi connectivity index (χ2v) is 5.17. The molecule has 0 bridgehead atoms. The van der Waals surface area contributed by atoms with E-state index >= 15 is 0 Å². The molecule has 0 N–H and O–H groups in total. The van der Waals surface area contributed by atoms with Crippen molar-refractivity contribution in [1.82, 2.24) is 0 Å². The monoisotopic (exact) mass is 406 g/mol. The van der Waals surface area contributed by atoms with Crippen LogP contribution in [0.1, 0.15) is 0 Å². The second kappa shape index (κ2) is 8.12. The number of rotatable bonds is 5. The van der Waals surface area contributed by atoms with Crippen LogP contribution in [-0.2, 0) is 23.8 Å². The molecule has 10 nitrogen and oxygen atoms in total. The van der Waals surface area contributed by atoms with Crippen molar-refractivity contribution < 1.29 is 46.6 Å². The Balaban J connectivity index is 2.70. The minimum atomic E-state index is -5.12. The van der Waals surface area contributed by atoms with Crippen LogP contribution in [-0.4, -0.2) is 50.8 Å². The topological polar surface area (TPSA) is 117 Å². The molecule has 0 spiro atoms. The maximum Gasteiger partial charge on any atom is 0.573 e. The molecule has 1 aliphatic heterocycles. The summed E-state index contributed by atoms with van der Waals surface area (Å²) in [5, 5.41) is 11.0. The van der Waals surface area contributed by atoms with E-state index in [9.17, 15) is 32.9 Å². The van der Waals surface area contributed by atoms with Crippen LogP contribution in [0.2, 0.25) is 0 Å². The number of hydrogen-bond donors (Lipinski definition) is 0. The average molecular weight is 406 g/mol. The normalized spacial score (nSPS) is 14.5. The molecule has 0 unspecified atom stereocenters. The van der Waals surface area contributed by atoms with Crippen LogP contribution in [0.25, 0.3) is 0 Å². The van der Waals surface area contributed by atoms with Gasteiger partial charge in [0, 0.05) is 12.1 Å². The van der Waals surface area contributed by atoms with Crippen molar-refractivity contribution >= 4 is 23.3 Å². The number of nitro benzene ring substituents is 1. The Labute approximate surface area is 155 Å². The number of esters is 2. The highest BCUT2D eigenvalue weighted by Gasteiger charge is 2.37. The van der Waals surface area contributed by atoms with Crippen LogP contribution in [0.3, 0.4) is 0 Å². The predicted molar refractivity (Wildman–Crippen MR) is 84.1 cm³/mol. The van der Waals surface area contributed by atoms with Crippen molar-refractivity contribution in [2.75, 3.05) is 32.5 Å². The molecule has 0 aromatic heterocycles. The standard InChI is InChI=1S/C15H13F3N2O8/c1-25-13(21)9-6-27-7-19(12(9)14(22)26-2)10-5-8(20(23)24)3-4-11(10)28-15(16,17)18/h3-5H,6-7H2,1-2H3. The number of benzene rings is 1. The third-order valence-electron chi connectivity index (χ3n) is 3.50. The van der Waals surface area contributed by atoms with Gasteiger partial charge in [-0.25, -0.2) is 9.59 Å². The van der Waals surface area contributed by atoms with Crippen molar-refractivity contribution in [1.29, 1.82) is 0 Å². The Morgan fingerprint density at radius 3 is 2.39 bits per heavy atom. The summed E-state index contributed by atoms with van der Waals surface area (Å²) in [6.07, 6.45) is -5.12. The Bertz CT molecular complexity index is 837. The fourth-order valence-electron chi connectivity index (χ4n) is 2.37. The molecule has 1 heterocycles. The van der Waals surface area contributed by atoms with Crippen molar-refractivity contribution in [2.45, 2.75) is 6.36 Å². The number of carbonyl (C=O) groups excluding carboxylic acids is 2. The molecule has 1 aromatic rings. The van der Waals surface area contributed by atoms with Gasteiger partial charge in [0.05, 0.1) is 37.0 Å². The first-order chi connectivity index (χ1) is 13.1. The Morgan fingerprint density at radius 2 is 1.86 bits per heavy atom. The number of alkyl halides is 3. The lowest BCUT2D eigenvalue weighted by molar-refractivity contribution is -0.384. The molecule has 0 saturated carbocycles. The quantitative estimate of drug-likeness (QED) is 0.410. The van der Waals surface area contributed by atoms with Gasteiger partial charge in [-0.2, -0.15) is 0 Å². The maximum absolute atomic E-state index is 12.7. The van der Waals surface area contributed by atoms with Crippen LogP contribution in [0.5, 0.6) is 5.75 Å². The summed E-state index contributed by atoms with van der Waals surface area (Å²) in [5.41, 5.74) is -1.95. The summed E-state index contributed by atoms with van der Waals surface area (Å²) in [6.45, 7) is -0.904. The first-order valence-electron chi connectivity index (χ1n) is 7.38. The number of non-ortho nitro benzene ring substituents is 1. The van der Waals surface area contributed by atoms with Gasteiger partial charge >= 0.3 is 18.3 Å². The molecule has 28 heavy (non-hydrogen) atoms. The fourth-order valence-corrected chi connectivity index (χ4v) is 2.37. The van der Waals surface area contributed by atoms with Gasteiger partial charge in [0.15, 0.2) is 5.75 Å². The van der Waals surface area contributed by atoms with Crippen LogP contribution in [0.4, 0.5) is 24.5 Å². The zero-order valence-electron chi connectivity index (χ0n) is 14.4. The minimum absolute atomic E-state index is 0.343. The van der Waals surface area contributed by atoms with Gasteiger partial charge in [0.1, 0.15) is 12.4 Å². The molecule has 1 aliphatic rings. The lowest BCUT2D eigenvalue weighted by Crippen LogP contribution is -2.39. The van der Waals surface area contributed by atoms with Crippen LogP contribution < -0.4 is 9.64 Å². The zero-order valence-corrected chi connectivity index (χ0v) is 14.4. The Morgan fingerprint density at radius 1 is 1.21 bits per heavy atom. The summed E-state index contributed by atoms with van der Waals surface area (Å²) in [6, 6.07) is 2.24. The summed E-state index contributed by atoms with van der Waals surface area (Å²) in [7, 11) is 2.01. The van der Waals surface area contributed by atoms with E-state index < -0.39 is 59.4 Å². The fraction of sp³-hybridized carbons (Fsp3) is 0.333. The van der Waals surface area contributed by atoms with Gasteiger partial charge in [0.25, 0.3) is 5.69 Å². The average Bonchev–Trinajstić information content (AvgIpc) is 2.65. The first-order valence-corrected chi connectivity index (χ1v) is 7.38. The molecule has 0 radical (unpaired) electrons. The van der Waals surface area contributed by atoms with Crippen LogP contribution >= 0.6 is 0 Å². The summed E-state index contributed by atoms with van der Waals surface area (Å²) >= 11 is 0. The number of anilines is 1. The Kier molecular flexibility index (Phi) is 6.08. The lowest BCUT2D eigenvalue weighted by Gasteiger charge is -2.32. The number of halogens is 3. The van der Waals surface area contributed by atoms with E-state index in [1.165, 1.54) is 0 Å². The van der Waals surface area contributed by atoms with E-state index in [2.05, 4.69) is 14.2 Å². The number of carbonyl (C=O) groups is 2. The van der Waals surface area contributed by atoms with Crippen LogP contribution in [0, 0.1) is 10.1 Å². The summed E-state index contributed by atoms with van der Waals surface area (Å²) in [5.74, 6) is -2.93. The van der Waals surface area contributed by atoms with E-state index in [1.54, 1.807) is 0 Å². The van der Waals surface area contributed by atoms with Gasteiger partial charge in [-0.05, 0) is 6.07 Å². The zero-order chi connectivity index (χ0) is 21.1. The van der Waals surface area contributed by atoms with Gasteiger partial charge in [-0.15, -0.1) is 13.2 Å². The number of nitrogens with zero attached hydrogens (tertiary/aromatic N) is 2. The Hall–Kier alpha value is -3.35. The second-order valence-electron chi connectivity index (χ2n) is 5.17. The third kappa shape index (κ3) is 4.49. The third-order valence-corrected chi connectivity index (χ3v) is 3.50. The van der Waals surface area contributed by atoms with Crippen molar-refractivity contribution in [2.24, 2.45) is 0 Å². The van der Waals surface area contributed by atoms with E-state index in [4.69, 9.17) is 4.74 Å². The highest BCUT2D eigenvalue weighted by Crippen LogP contribution is 2.39. The molecular weight excluding hydrogens is 393 g/mol. The number of ether oxygens (including phenoxy) is 4. The molecule has 0 amide bonds. The molecular formula is C15H13F3N2O8. The summed E-state index contributed by atoms with van der Waals surface area (Å²) in [4.78, 5) is 35.2. The minimum Gasteiger partial charge on any atom is -0.466 e. The maximum atomic E-state index is 12.7.